The molecule has 2 atom stereocenters. The molecule has 3 aliphatic heterocycles. The van der Waals surface area contributed by atoms with E-state index >= 15 is 0 Å². The lowest BCUT2D eigenvalue weighted by Gasteiger charge is -2.31. The monoisotopic (exact) mass is 304 g/mol. The highest BCUT2D eigenvalue weighted by molar-refractivity contribution is 6.00. The number of aromatic hydroxyl groups is 2. The van der Waals surface area contributed by atoms with Crippen LogP contribution in [0.25, 0.3) is 0 Å². The fourth-order valence-electron chi connectivity index (χ4n) is 3.93. The van der Waals surface area contributed by atoms with Crippen LogP contribution in [0, 0.1) is 0 Å². The molecule has 0 saturated carbocycles. The number of amides is 2. The summed E-state index contributed by atoms with van der Waals surface area (Å²) in [5, 5.41) is 19.8. The smallest absolute Gasteiger partial charge is 0.261 e. The average Bonchev–Trinajstić information content (AvgIpc) is 3.10. The van der Waals surface area contributed by atoms with Gasteiger partial charge in [-0.25, -0.2) is 0 Å². The third kappa shape index (κ3) is 1.54. The fraction of sp³-hybridized carbons (Fsp3) is 0.467. The maximum absolute atomic E-state index is 12.7. The lowest BCUT2D eigenvalue weighted by atomic mass is 10.1. The number of rotatable bonds is 1. The number of hydrogen-bond donors (Lipinski definition) is 2. The summed E-state index contributed by atoms with van der Waals surface area (Å²) in [6.45, 7) is 1.46. The molecular weight excluding hydrogens is 288 g/mol. The predicted molar refractivity (Wildman–Crippen MR) is 74.2 cm³/mol. The molecule has 3 saturated heterocycles. The molecule has 1 spiro atoms. The Bertz CT molecular complexity index is 656. The van der Waals surface area contributed by atoms with E-state index in [9.17, 15) is 19.8 Å². The molecule has 3 aliphatic rings. The molecule has 3 fully saturated rings. The van der Waals surface area contributed by atoms with Crippen molar-refractivity contribution in [2.75, 3.05) is 19.7 Å². The van der Waals surface area contributed by atoms with Crippen LogP contribution in [0.5, 0.6) is 11.5 Å². The van der Waals surface area contributed by atoms with Crippen molar-refractivity contribution in [2.45, 2.75) is 24.6 Å². The maximum Gasteiger partial charge on any atom is 0.261 e. The molecule has 0 unspecified atom stereocenters. The van der Waals surface area contributed by atoms with E-state index in [4.69, 9.17) is 4.74 Å². The van der Waals surface area contributed by atoms with Gasteiger partial charge in [-0.3, -0.25) is 9.59 Å². The molecule has 0 bridgehead atoms. The van der Waals surface area contributed by atoms with Crippen LogP contribution < -0.4 is 0 Å². The van der Waals surface area contributed by atoms with Crippen molar-refractivity contribution in [1.82, 2.24) is 9.80 Å². The molecule has 0 aromatic heterocycles. The zero-order valence-electron chi connectivity index (χ0n) is 11.9. The number of nitrogens with zero attached hydrogens (tertiary/aromatic N) is 2. The minimum absolute atomic E-state index is 0.0125. The number of phenolic OH excluding ortho intramolecular Hbond substituents is 2. The summed E-state index contributed by atoms with van der Waals surface area (Å²) in [5.74, 6) is -1.01. The zero-order valence-corrected chi connectivity index (χ0v) is 11.9. The van der Waals surface area contributed by atoms with Crippen LogP contribution >= 0.6 is 0 Å². The Kier molecular flexibility index (Phi) is 2.65. The van der Waals surface area contributed by atoms with E-state index in [-0.39, 0.29) is 35.4 Å². The number of ether oxygens (including phenoxy) is 1. The van der Waals surface area contributed by atoms with Crippen LogP contribution in [0.15, 0.2) is 18.2 Å². The maximum atomic E-state index is 12.7. The number of carbonyl (C=O) groups excluding carboxylic acids is 2. The van der Waals surface area contributed by atoms with Gasteiger partial charge in [-0.15, -0.1) is 0 Å². The van der Waals surface area contributed by atoms with Gasteiger partial charge in [-0.2, -0.15) is 0 Å². The second kappa shape index (κ2) is 4.36. The highest BCUT2D eigenvalue weighted by Crippen LogP contribution is 2.46. The summed E-state index contributed by atoms with van der Waals surface area (Å²) in [4.78, 5) is 28.1. The largest absolute Gasteiger partial charge is 0.507 e. The van der Waals surface area contributed by atoms with Crippen LogP contribution in [0.1, 0.15) is 23.2 Å². The summed E-state index contributed by atoms with van der Waals surface area (Å²) >= 11 is 0. The van der Waals surface area contributed by atoms with E-state index in [1.54, 1.807) is 4.90 Å². The summed E-state index contributed by atoms with van der Waals surface area (Å²) in [7, 11) is 0. The molecule has 2 amide bonds. The molecule has 0 aliphatic carbocycles. The quantitative estimate of drug-likeness (QED) is 0.777. The molecule has 1 aromatic rings. The Labute approximate surface area is 126 Å². The van der Waals surface area contributed by atoms with E-state index in [2.05, 4.69) is 0 Å². The minimum Gasteiger partial charge on any atom is -0.507 e. The third-order valence-corrected chi connectivity index (χ3v) is 4.90. The number of likely N-dealkylation sites (tertiary alicyclic amines) is 1. The van der Waals surface area contributed by atoms with Gasteiger partial charge in [0.15, 0.2) is 5.72 Å². The van der Waals surface area contributed by atoms with Crippen LogP contribution in [0.3, 0.4) is 0 Å². The van der Waals surface area contributed by atoms with Crippen molar-refractivity contribution in [2.24, 2.45) is 0 Å². The summed E-state index contributed by atoms with van der Waals surface area (Å²) in [5.41, 5.74) is -0.837. The SMILES string of the molecule is O=C(c1c(O)cccc1O)N1CC[C@@]23OCCN2C(=O)C[C@@H]13. The molecule has 0 radical (unpaired) electrons. The average molecular weight is 304 g/mol. The molecule has 7 nitrogen and oxygen atoms in total. The van der Waals surface area contributed by atoms with Gasteiger partial charge in [-0.05, 0) is 12.1 Å². The summed E-state index contributed by atoms with van der Waals surface area (Å²) in [6.07, 6.45) is 0.781. The number of phenols is 2. The highest BCUT2D eigenvalue weighted by Gasteiger charge is 2.63. The van der Waals surface area contributed by atoms with E-state index in [0.717, 1.165) is 0 Å². The molecule has 3 heterocycles. The molecule has 1 aromatic carbocycles. The van der Waals surface area contributed by atoms with Crippen LogP contribution in [-0.2, 0) is 9.53 Å². The number of hydrogen-bond acceptors (Lipinski definition) is 5. The lowest BCUT2D eigenvalue weighted by molar-refractivity contribution is -0.136. The lowest BCUT2D eigenvalue weighted by Crippen LogP contribution is -2.48. The van der Waals surface area contributed by atoms with Crippen molar-refractivity contribution < 1.29 is 24.5 Å². The van der Waals surface area contributed by atoms with Gasteiger partial charge in [0.25, 0.3) is 5.91 Å². The number of benzene rings is 1. The first-order chi connectivity index (χ1) is 10.5. The normalized spacial score (nSPS) is 29.8. The summed E-state index contributed by atoms with van der Waals surface area (Å²) < 4.78 is 5.82. The van der Waals surface area contributed by atoms with E-state index in [1.165, 1.54) is 23.1 Å². The van der Waals surface area contributed by atoms with E-state index < -0.39 is 11.6 Å². The second-order valence-electron chi connectivity index (χ2n) is 5.88. The van der Waals surface area contributed by atoms with Crippen molar-refractivity contribution in [3.05, 3.63) is 23.8 Å². The Morgan fingerprint density at radius 1 is 1.27 bits per heavy atom. The van der Waals surface area contributed by atoms with Crippen LogP contribution in [-0.4, -0.2) is 63.3 Å². The molecule has 7 heteroatoms. The molecule has 2 N–H and O–H groups in total. The van der Waals surface area contributed by atoms with Crippen molar-refractivity contribution in [1.29, 1.82) is 0 Å². The van der Waals surface area contributed by atoms with Crippen molar-refractivity contribution in [3.63, 3.8) is 0 Å². The summed E-state index contributed by atoms with van der Waals surface area (Å²) in [6, 6.07) is 3.82. The van der Waals surface area contributed by atoms with Gasteiger partial charge in [0, 0.05) is 19.5 Å². The highest BCUT2D eigenvalue weighted by atomic mass is 16.5. The standard InChI is InChI=1S/C15H16N2O5/c18-9-2-1-3-10(19)13(9)14(21)16-5-4-15-11(16)8-12(20)17(15)6-7-22-15/h1-3,11,18-19H,4-8H2/t11-,15+/m1/s1. The van der Waals surface area contributed by atoms with E-state index in [1.807, 2.05) is 0 Å². The van der Waals surface area contributed by atoms with Gasteiger partial charge in [0.2, 0.25) is 5.91 Å². The van der Waals surface area contributed by atoms with Gasteiger partial charge in [0.1, 0.15) is 17.1 Å². The molecule has 22 heavy (non-hydrogen) atoms. The molecular formula is C15H16N2O5. The van der Waals surface area contributed by atoms with Crippen LogP contribution in [0.2, 0.25) is 0 Å². The Balaban J connectivity index is 1.70. The first-order valence-corrected chi connectivity index (χ1v) is 7.31. The third-order valence-electron chi connectivity index (χ3n) is 4.90. The topological polar surface area (TPSA) is 90.3 Å². The first-order valence-electron chi connectivity index (χ1n) is 7.31. The Hall–Kier alpha value is -2.28. The molecule has 116 valence electrons. The predicted octanol–water partition coefficient (Wildman–Crippen LogP) is 0.271. The van der Waals surface area contributed by atoms with Gasteiger partial charge in [-0.1, -0.05) is 6.07 Å². The first kappa shape index (κ1) is 13.4. The van der Waals surface area contributed by atoms with Crippen LogP contribution in [0.4, 0.5) is 0 Å². The molecule has 4 rings (SSSR count). The minimum atomic E-state index is -0.716. The van der Waals surface area contributed by atoms with Gasteiger partial charge in [0.05, 0.1) is 19.1 Å². The number of carbonyl (C=O) groups is 2. The zero-order chi connectivity index (χ0) is 15.5. The fourth-order valence-corrected chi connectivity index (χ4v) is 3.93. The van der Waals surface area contributed by atoms with Gasteiger partial charge >= 0.3 is 0 Å². The van der Waals surface area contributed by atoms with Crippen molar-refractivity contribution >= 4 is 11.8 Å². The Morgan fingerprint density at radius 3 is 2.73 bits per heavy atom. The second-order valence-corrected chi connectivity index (χ2v) is 5.88. The van der Waals surface area contributed by atoms with Gasteiger partial charge < -0.3 is 24.7 Å². The van der Waals surface area contributed by atoms with Crippen molar-refractivity contribution in [3.8, 4) is 11.5 Å². The van der Waals surface area contributed by atoms with E-state index in [0.29, 0.717) is 26.1 Å². The Morgan fingerprint density at radius 2 is 2.00 bits per heavy atom.